The molecule has 0 heterocycles. The number of aliphatic hydroxyl groups excluding tert-OH is 2. The van der Waals surface area contributed by atoms with Gasteiger partial charge in [0.1, 0.15) is 0 Å². The van der Waals surface area contributed by atoms with Gasteiger partial charge in [-0.1, -0.05) is 41.0 Å². The fourth-order valence-electron chi connectivity index (χ4n) is 10.2. The fraction of sp³-hybridized carbons (Fsp3) is 0.964. The van der Waals surface area contributed by atoms with Crippen molar-refractivity contribution in [1.82, 2.24) is 0 Å². The van der Waals surface area contributed by atoms with Crippen molar-refractivity contribution in [3.05, 3.63) is 0 Å². The Morgan fingerprint density at radius 1 is 1.00 bits per heavy atom. The molecule has 0 spiro atoms. The Morgan fingerprint density at radius 2 is 1.67 bits per heavy atom. The van der Waals surface area contributed by atoms with Crippen LogP contribution in [0.1, 0.15) is 92.9 Å². The van der Waals surface area contributed by atoms with Gasteiger partial charge >= 0.3 is 5.97 Å². The first kappa shape index (κ1) is 25.4. The molecule has 5 nitrogen and oxygen atoms in total. The van der Waals surface area contributed by atoms with Crippen LogP contribution in [-0.2, 0) is 4.79 Å². The van der Waals surface area contributed by atoms with Gasteiger partial charge in [-0.05, 0) is 104 Å². The van der Waals surface area contributed by atoms with E-state index in [9.17, 15) is 25.2 Å². The van der Waals surface area contributed by atoms with Crippen LogP contribution >= 0.6 is 0 Å². The van der Waals surface area contributed by atoms with Crippen LogP contribution in [0.15, 0.2) is 0 Å². The highest BCUT2D eigenvalue weighted by molar-refractivity contribution is 5.69. The van der Waals surface area contributed by atoms with Crippen molar-refractivity contribution in [1.29, 1.82) is 0 Å². The summed E-state index contributed by atoms with van der Waals surface area (Å²) >= 11 is 0. The van der Waals surface area contributed by atoms with Crippen molar-refractivity contribution in [2.24, 2.45) is 58.2 Å². The Labute approximate surface area is 200 Å². The summed E-state index contributed by atoms with van der Waals surface area (Å²) in [5.74, 6) is 0.447. The highest BCUT2D eigenvalue weighted by Gasteiger charge is 2.70. The summed E-state index contributed by atoms with van der Waals surface area (Å²) in [6, 6.07) is 0. The molecule has 4 aliphatic rings. The van der Waals surface area contributed by atoms with Crippen LogP contribution < -0.4 is 0 Å². The van der Waals surface area contributed by atoms with E-state index in [-0.39, 0.29) is 64.3 Å². The quantitative estimate of drug-likeness (QED) is 0.472. The molecule has 0 amide bonds. The van der Waals surface area contributed by atoms with Crippen LogP contribution in [0.4, 0.5) is 0 Å². The standard InChI is InChI=1S/C28H48O5/c1-7-18-21-13-17(29)10-11-26(21,4)22-14-23(30)27(5)19(15(2)12-16(3)25(31)32)8-9-20(27)24(22)28(18,6)33/h15-24,29-30,33H,7-14H2,1-6H3,(H,31,32)/t15-,16-,17+,18+,19+,20?,21-,22?,23-,24?,26-,27+,28-/m0/s1. The summed E-state index contributed by atoms with van der Waals surface area (Å²) in [5, 5.41) is 43.9. The van der Waals surface area contributed by atoms with Crippen molar-refractivity contribution in [3.63, 3.8) is 0 Å². The number of rotatable bonds is 5. The van der Waals surface area contributed by atoms with Gasteiger partial charge in [0.05, 0.1) is 23.7 Å². The summed E-state index contributed by atoms with van der Waals surface area (Å²) < 4.78 is 0. The zero-order chi connectivity index (χ0) is 24.5. The van der Waals surface area contributed by atoms with Gasteiger partial charge < -0.3 is 20.4 Å². The number of hydrogen-bond donors (Lipinski definition) is 4. The Bertz CT molecular complexity index is 751. The summed E-state index contributed by atoms with van der Waals surface area (Å²) in [7, 11) is 0. The van der Waals surface area contributed by atoms with Crippen molar-refractivity contribution in [2.45, 2.75) is 111 Å². The molecule has 13 atom stereocenters. The van der Waals surface area contributed by atoms with E-state index in [4.69, 9.17) is 0 Å². The third kappa shape index (κ3) is 3.62. The van der Waals surface area contributed by atoms with Gasteiger partial charge in [-0.2, -0.15) is 0 Å². The van der Waals surface area contributed by atoms with Gasteiger partial charge in [0, 0.05) is 0 Å². The first-order chi connectivity index (χ1) is 15.3. The normalized spacial score (nSPS) is 53.5. The Kier molecular flexibility index (Phi) is 6.54. The highest BCUT2D eigenvalue weighted by atomic mass is 16.4. The van der Waals surface area contributed by atoms with Gasteiger partial charge in [-0.15, -0.1) is 0 Å². The zero-order valence-electron chi connectivity index (χ0n) is 21.6. The van der Waals surface area contributed by atoms with E-state index in [0.717, 1.165) is 38.5 Å². The Balaban J connectivity index is 1.71. The summed E-state index contributed by atoms with van der Waals surface area (Å²) in [6.45, 7) is 12.8. The molecule has 4 rings (SSSR count). The lowest BCUT2D eigenvalue weighted by atomic mass is 9.38. The van der Waals surface area contributed by atoms with Crippen LogP contribution in [0, 0.1) is 58.2 Å². The molecule has 0 aromatic carbocycles. The first-order valence-corrected chi connectivity index (χ1v) is 13.6. The van der Waals surface area contributed by atoms with Crippen LogP contribution in [0.5, 0.6) is 0 Å². The monoisotopic (exact) mass is 464 g/mol. The predicted octanol–water partition coefficient (Wildman–Crippen LogP) is 4.72. The molecule has 33 heavy (non-hydrogen) atoms. The molecule has 0 saturated heterocycles. The minimum atomic E-state index is -0.820. The molecule has 5 heteroatoms. The molecular weight excluding hydrogens is 416 g/mol. The topological polar surface area (TPSA) is 98.0 Å². The molecule has 3 unspecified atom stereocenters. The van der Waals surface area contributed by atoms with E-state index in [1.165, 1.54) is 0 Å². The number of aliphatic hydroxyl groups is 3. The largest absolute Gasteiger partial charge is 0.481 e. The number of fused-ring (bicyclic) bond motifs is 5. The molecule has 0 aromatic rings. The molecule has 190 valence electrons. The number of hydrogen-bond acceptors (Lipinski definition) is 4. The number of carboxylic acid groups (broad SMARTS) is 1. The van der Waals surface area contributed by atoms with E-state index in [1.54, 1.807) is 6.92 Å². The average Bonchev–Trinajstić information content (AvgIpc) is 3.08. The second kappa shape index (κ2) is 8.48. The van der Waals surface area contributed by atoms with Gasteiger partial charge in [-0.25, -0.2) is 0 Å². The van der Waals surface area contributed by atoms with Crippen molar-refractivity contribution in [2.75, 3.05) is 0 Å². The van der Waals surface area contributed by atoms with E-state index in [2.05, 4.69) is 34.6 Å². The Morgan fingerprint density at radius 3 is 2.27 bits per heavy atom. The molecule has 0 aliphatic heterocycles. The summed E-state index contributed by atoms with van der Waals surface area (Å²) in [4.78, 5) is 11.5. The van der Waals surface area contributed by atoms with E-state index >= 15 is 0 Å². The lowest BCUT2D eigenvalue weighted by molar-refractivity contribution is -0.263. The maximum atomic E-state index is 12.2. The number of aliphatic carboxylic acids is 1. The zero-order valence-corrected chi connectivity index (χ0v) is 21.6. The molecular formula is C28H48O5. The second-order valence-corrected chi connectivity index (χ2v) is 13.3. The molecule has 4 aliphatic carbocycles. The van der Waals surface area contributed by atoms with Gasteiger partial charge in [0.15, 0.2) is 0 Å². The number of carboxylic acids is 1. The minimum Gasteiger partial charge on any atom is -0.481 e. The average molecular weight is 465 g/mol. The maximum Gasteiger partial charge on any atom is 0.306 e. The first-order valence-electron chi connectivity index (χ1n) is 13.6. The fourth-order valence-corrected chi connectivity index (χ4v) is 10.2. The molecule has 0 bridgehead atoms. The van der Waals surface area contributed by atoms with E-state index in [0.29, 0.717) is 12.8 Å². The van der Waals surface area contributed by atoms with E-state index in [1.807, 2.05) is 0 Å². The van der Waals surface area contributed by atoms with Crippen LogP contribution in [0.25, 0.3) is 0 Å². The lowest BCUT2D eigenvalue weighted by Gasteiger charge is -2.68. The SMILES string of the molecule is CC[C@@H]1[C@@H]2C[C@H](O)CC[C@]2(C)C2C[C@H](O)[C@@]3(C)C(CC[C@@H]3[C@@H](C)C[C@H](C)C(=O)O)C2[C@@]1(C)O. The Hall–Kier alpha value is -0.650. The smallest absolute Gasteiger partial charge is 0.306 e. The van der Waals surface area contributed by atoms with Gasteiger partial charge in [0.2, 0.25) is 0 Å². The van der Waals surface area contributed by atoms with Crippen LogP contribution in [0.2, 0.25) is 0 Å². The minimum absolute atomic E-state index is 0.0383. The molecule has 4 fully saturated rings. The molecule has 4 saturated carbocycles. The summed E-state index contributed by atoms with van der Waals surface area (Å²) in [5.41, 5.74) is -1.08. The lowest BCUT2D eigenvalue weighted by Crippen LogP contribution is -2.69. The summed E-state index contributed by atoms with van der Waals surface area (Å²) in [6.07, 6.45) is 6.10. The second-order valence-electron chi connectivity index (χ2n) is 13.3. The maximum absolute atomic E-state index is 12.2. The molecule has 0 radical (unpaired) electrons. The third-order valence-electron chi connectivity index (χ3n) is 11.9. The third-order valence-corrected chi connectivity index (χ3v) is 11.9. The number of carbonyl (C=O) groups is 1. The van der Waals surface area contributed by atoms with Crippen LogP contribution in [0.3, 0.4) is 0 Å². The molecule has 0 aromatic heterocycles. The highest BCUT2D eigenvalue weighted by Crippen LogP contribution is 2.71. The van der Waals surface area contributed by atoms with Crippen molar-refractivity contribution >= 4 is 5.97 Å². The molecule has 4 N–H and O–H groups in total. The van der Waals surface area contributed by atoms with Gasteiger partial charge in [0.25, 0.3) is 0 Å². The van der Waals surface area contributed by atoms with E-state index < -0.39 is 17.7 Å². The van der Waals surface area contributed by atoms with Crippen molar-refractivity contribution < 1.29 is 25.2 Å². The van der Waals surface area contributed by atoms with Crippen molar-refractivity contribution in [3.8, 4) is 0 Å². The van der Waals surface area contributed by atoms with Crippen LogP contribution in [-0.4, -0.2) is 44.2 Å². The predicted molar refractivity (Wildman–Crippen MR) is 128 cm³/mol. The van der Waals surface area contributed by atoms with Gasteiger partial charge in [-0.3, -0.25) is 4.79 Å².